The quantitative estimate of drug-likeness (QED) is 0.507. The number of carbonyl (C=O) groups is 1. The number of carbonyl (C=O) groups excluding carboxylic acids is 1. The smallest absolute Gasteiger partial charge is 0.229 e. The highest BCUT2D eigenvalue weighted by atomic mass is 32.2. The summed E-state index contributed by atoms with van der Waals surface area (Å²) in [6.45, 7) is 4.71. The Bertz CT molecular complexity index is 940. The molecule has 0 radical (unpaired) electrons. The van der Waals surface area contributed by atoms with Gasteiger partial charge in [-0.15, -0.1) is 0 Å². The molecular weight excluding hydrogens is 390 g/mol. The van der Waals surface area contributed by atoms with Crippen molar-refractivity contribution in [2.75, 3.05) is 48.6 Å². The Hall–Kier alpha value is -2.58. The first-order valence-electron chi connectivity index (χ1n) is 9.68. The summed E-state index contributed by atoms with van der Waals surface area (Å²) < 4.78 is 25.0. The van der Waals surface area contributed by atoms with E-state index in [0.717, 1.165) is 45.4 Å². The summed E-state index contributed by atoms with van der Waals surface area (Å²) in [6, 6.07) is 14.6. The molecule has 29 heavy (non-hydrogen) atoms. The van der Waals surface area contributed by atoms with Gasteiger partial charge in [0, 0.05) is 43.9 Å². The molecule has 0 saturated carbocycles. The maximum atomic E-state index is 12.5. The second-order valence-corrected chi connectivity index (χ2v) is 9.05. The summed E-state index contributed by atoms with van der Waals surface area (Å²) >= 11 is 0. The zero-order valence-electron chi connectivity index (χ0n) is 16.5. The van der Waals surface area contributed by atoms with Crippen molar-refractivity contribution < 1.29 is 18.3 Å². The molecule has 2 N–H and O–H groups in total. The minimum absolute atomic E-state index is 0.0235. The van der Waals surface area contributed by atoms with Crippen LogP contribution in [0, 0.1) is 0 Å². The molecule has 1 saturated heterocycles. The topological polar surface area (TPSA) is 90.0 Å². The molecule has 1 aliphatic rings. The van der Waals surface area contributed by atoms with Gasteiger partial charge in [0.15, 0.2) is 5.78 Å². The molecule has 0 aliphatic carbocycles. The lowest BCUT2D eigenvalue weighted by Crippen LogP contribution is -2.46. The Balaban J connectivity index is 1.46. The number of benzene rings is 2. The van der Waals surface area contributed by atoms with E-state index in [0.29, 0.717) is 12.0 Å². The van der Waals surface area contributed by atoms with Crippen molar-refractivity contribution in [3.8, 4) is 5.75 Å². The highest BCUT2D eigenvalue weighted by molar-refractivity contribution is 7.92. The van der Waals surface area contributed by atoms with Gasteiger partial charge < -0.3 is 10.0 Å². The molecule has 156 valence electrons. The molecule has 0 bridgehead atoms. The SMILES string of the molecule is CS(=O)(=O)Nc1cc(C(=O)CCCN2CCN(c3ccccc3)CC2)ccc1O. The number of ketones is 1. The lowest BCUT2D eigenvalue weighted by molar-refractivity contribution is 0.0974. The third kappa shape index (κ3) is 6.20. The highest BCUT2D eigenvalue weighted by Crippen LogP contribution is 2.26. The molecule has 0 spiro atoms. The van der Waals surface area contributed by atoms with Crippen molar-refractivity contribution in [1.29, 1.82) is 0 Å². The second-order valence-electron chi connectivity index (χ2n) is 7.30. The molecule has 0 aromatic heterocycles. The Kier molecular flexibility index (Phi) is 6.76. The lowest BCUT2D eigenvalue weighted by Gasteiger charge is -2.36. The van der Waals surface area contributed by atoms with Gasteiger partial charge >= 0.3 is 0 Å². The van der Waals surface area contributed by atoms with Gasteiger partial charge in [0.25, 0.3) is 0 Å². The number of hydrogen-bond acceptors (Lipinski definition) is 6. The predicted octanol–water partition coefficient (Wildman–Crippen LogP) is 2.55. The average Bonchev–Trinajstić information content (AvgIpc) is 2.70. The van der Waals surface area contributed by atoms with Gasteiger partial charge in [-0.1, -0.05) is 18.2 Å². The number of phenolic OH excluding ortho intramolecular Hbond substituents is 1. The normalized spacial score (nSPS) is 15.3. The second kappa shape index (κ2) is 9.28. The van der Waals surface area contributed by atoms with Crippen molar-refractivity contribution in [2.24, 2.45) is 0 Å². The van der Waals surface area contributed by atoms with Crippen LogP contribution >= 0.6 is 0 Å². The van der Waals surface area contributed by atoms with E-state index in [1.807, 2.05) is 18.2 Å². The van der Waals surface area contributed by atoms with Crippen LogP contribution in [0.5, 0.6) is 5.75 Å². The van der Waals surface area contributed by atoms with Gasteiger partial charge in [-0.05, 0) is 43.3 Å². The van der Waals surface area contributed by atoms with Crippen LogP contribution in [0.2, 0.25) is 0 Å². The van der Waals surface area contributed by atoms with Crippen LogP contribution in [0.1, 0.15) is 23.2 Å². The number of nitrogens with one attached hydrogen (secondary N) is 1. The number of sulfonamides is 1. The van der Waals surface area contributed by atoms with Crippen molar-refractivity contribution in [3.05, 3.63) is 54.1 Å². The van der Waals surface area contributed by atoms with Crippen molar-refractivity contribution in [3.63, 3.8) is 0 Å². The summed E-state index contributed by atoms with van der Waals surface area (Å²) in [5.41, 5.74) is 1.66. The Labute approximate surface area is 172 Å². The molecule has 8 heteroatoms. The van der Waals surface area contributed by atoms with Gasteiger partial charge in [-0.25, -0.2) is 8.42 Å². The van der Waals surface area contributed by atoms with E-state index >= 15 is 0 Å². The first kappa shape index (κ1) is 21.1. The van der Waals surface area contributed by atoms with E-state index in [2.05, 4.69) is 26.7 Å². The molecule has 3 rings (SSSR count). The molecule has 0 unspecified atom stereocenters. The number of rotatable bonds is 8. The minimum atomic E-state index is -3.53. The van der Waals surface area contributed by atoms with Gasteiger partial charge in [0.2, 0.25) is 10.0 Å². The Morgan fingerprint density at radius 1 is 1.07 bits per heavy atom. The van der Waals surface area contributed by atoms with Gasteiger partial charge in [0.1, 0.15) is 5.75 Å². The maximum absolute atomic E-state index is 12.5. The number of Topliss-reactive ketones (excluding diaryl/α,β-unsaturated/α-hetero) is 1. The van der Waals surface area contributed by atoms with Crippen molar-refractivity contribution in [1.82, 2.24) is 4.90 Å². The van der Waals surface area contributed by atoms with Gasteiger partial charge in [-0.2, -0.15) is 0 Å². The molecule has 7 nitrogen and oxygen atoms in total. The van der Waals surface area contributed by atoms with Gasteiger partial charge in [-0.3, -0.25) is 14.4 Å². The fourth-order valence-electron chi connectivity index (χ4n) is 3.47. The molecule has 0 atom stereocenters. The number of nitrogens with zero attached hydrogens (tertiary/aromatic N) is 2. The van der Waals surface area contributed by atoms with Gasteiger partial charge in [0.05, 0.1) is 11.9 Å². The van der Waals surface area contributed by atoms with Crippen LogP contribution in [-0.4, -0.2) is 63.2 Å². The van der Waals surface area contributed by atoms with E-state index < -0.39 is 10.0 Å². The fourth-order valence-corrected chi connectivity index (χ4v) is 4.03. The van der Waals surface area contributed by atoms with E-state index in [-0.39, 0.29) is 17.2 Å². The fraction of sp³-hybridized carbons (Fsp3) is 0.381. The monoisotopic (exact) mass is 417 g/mol. The van der Waals surface area contributed by atoms with Crippen LogP contribution in [0.4, 0.5) is 11.4 Å². The van der Waals surface area contributed by atoms with Crippen LogP contribution in [0.25, 0.3) is 0 Å². The minimum Gasteiger partial charge on any atom is -0.506 e. The highest BCUT2D eigenvalue weighted by Gasteiger charge is 2.17. The third-order valence-corrected chi connectivity index (χ3v) is 5.58. The summed E-state index contributed by atoms with van der Waals surface area (Å²) in [5, 5.41) is 9.78. The Morgan fingerprint density at radius 2 is 1.76 bits per heavy atom. The van der Waals surface area contributed by atoms with E-state index in [1.54, 1.807) is 0 Å². The van der Waals surface area contributed by atoms with E-state index in [4.69, 9.17) is 0 Å². The molecule has 2 aromatic carbocycles. The predicted molar refractivity (Wildman–Crippen MR) is 115 cm³/mol. The zero-order valence-corrected chi connectivity index (χ0v) is 17.4. The molecule has 0 amide bonds. The number of aromatic hydroxyl groups is 1. The van der Waals surface area contributed by atoms with Crippen LogP contribution in [-0.2, 0) is 10.0 Å². The molecular formula is C21H27N3O4S. The van der Waals surface area contributed by atoms with Crippen LogP contribution < -0.4 is 9.62 Å². The summed E-state index contributed by atoms with van der Waals surface area (Å²) in [5.74, 6) is -0.271. The largest absolute Gasteiger partial charge is 0.506 e. The number of anilines is 2. The average molecular weight is 418 g/mol. The molecule has 1 heterocycles. The van der Waals surface area contributed by atoms with E-state index in [9.17, 15) is 18.3 Å². The summed E-state index contributed by atoms with van der Waals surface area (Å²) in [7, 11) is -3.53. The molecule has 1 fully saturated rings. The summed E-state index contributed by atoms with van der Waals surface area (Å²) in [6.07, 6.45) is 2.11. The van der Waals surface area contributed by atoms with Crippen molar-refractivity contribution in [2.45, 2.75) is 12.8 Å². The Morgan fingerprint density at radius 3 is 2.41 bits per heavy atom. The number of hydrogen-bond donors (Lipinski definition) is 2. The zero-order chi connectivity index (χ0) is 20.9. The molecule has 2 aromatic rings. The van der Waals surface area contributed by atoms with Crippen LogP contribution in [0.15, 0.2) is 48.5 Å². The molecule has 1 aliphatic heterocycles. The first-order valence-corrected chi connectivity index (χ1v) is 11.6. The first-order chi connectivity index (χ1) is 13.8. The third-order valence-electron chi connectivity index (χ3n) is 4.99. The maximum Gasteiger partial charge on any atom is 0.229 e. The lowest BCUT2D eigenvalue weighted by atomic mass is 10.1. The summed E-state index contributed by atoms with van der Waals surface area (Å²) in [4.78, 5) is 17.2. The van der Waals surface area contributed by atoms with Crippen LogP contribution in [0.3, 0.4) is 0 Å². The van der Waals surface area contributed by atoms with Crippen molar-refractivity contribution >= 4 is 27.2 Å². The number of para-hydroxylation sites is 1. The number of piperazine rings is 1. The van der Waals surface area contributed by atoms with E-state index in [1.165, 1.54) is 23.9 Å². The number of phenols is 1. The standard InChI is InChI=1S/C21H27N3O4S/c1-29(27,28)22-19-16-17(9-10-21(19)26)20(25)8-5-11-23-12-14-24(15-13-23)18-6-3-2-4-7-18/h2-4,6-7,9-10,16,22,26H,5,8,11-15H2,1H3.